The number of nitrogens with one attached hydrogen (secondary N) is 2. The summed E-state index contributed by atoms with van der Waals surface area (Å²) in [6, 6.07) is 31.5. The highest BCUT2D eigenvalue weighted by atomic mass is 16.2. The van der Waals surface area contributed by atoms with Gasteiger partial charge in [-0.2, -0.15) is 0 Å². The smallest absolute Gasteiger partial charge is 0.238 e. The zero-order chi connectivity index (χ0) is 28.0. The summed E-state index contributed by atoms with van der Waals surface area (Å²) < 4.78 is 0. The molecule has 0 atom stereocenters. The number of carbonyl (C=O) groups excluding carboxylic acids is 2. The number of benzene rings is 4. The Balaban J connectivity index is 1.23. The molecule has 2 heterocycles. The zero-order valence-corrected chi connectivity index (χ0v) is 23.5. The lowest BCUT2D eigenvalue weighted by molar-refractivity contribution is -0.117. The maximum atomic E-state index is 12.6. The standard InChI is InChI=1S/C35H38N4O2/c40-33(24-38-19-3-4-20-38)36-31-15-11-27(12-16-31)35(30-10-9-26-7-1-2-8-29(26)23-30)28-13-17-32(18-14-28)37-34(41)25-39-21-5-6-22-39/h1-2,7-18,23,35H,3-6,19-22,24-25H2,(H,36,40)(H,37,41). The van der Waals surface area contributed by atoms with Crippen molar-refractivity contribution in [2.75, 3.05) is 49.9 Å². The molecule has 6 rings (SSSR count). The summed E-state index contributed by atoms with van der Waals surface area (Å²) in [6.07, 6.45) is 4.68. The quantitative estimate of drug-likeness (QED) is 0.250. The van der Waals surface area contributed by atoms with Gasteiger partial charge in [0.1, 0.15) is 0 Å². The molecule has 2 amide bonds. The van der Waals surface area contributed by atoms with Crippen molar-refractivity contribution < 1.29 is 9.59 Å². The van der Waals surface area contributed by atoms with Crippen LogP contribution in [0.15, 0.2) is 91.0 Å². The topological polar surface area (TPSA) is 64.7 Å². The van der Waals surface area contributed by atoms with Crippen molar-refractivity contribution in [2.24, 2.45) is 0 Å². The van der Waals surface area contributed by atoms with Gasteiger partial charge in [-0.15, -0.1) is 0 Å². The minimum atomic E-state index is 0.00306. The largest absolute Gasteiger partial charge is 0.325 e. The van der Waals surface area contributed by atoms with Gasteiger partial charge in [-0.25, -0.2) is 0 Å². The van der Waals surface area contributed by atoms with Crippen LogP contribution in [-0.2, 0) is 9.59 Å². The van der Waals surface area contributed by atoms with Crippen molar-refractivity contribution in [3.8, 4) is 0 Å². The third-order valence-electron chi connectivity index (χ3n) is 8.29. The molecule has 41 heavy (non-hydrogen) atoms. The second-order valence-corrected chi connectivity index (χ2v) is 11.3. The van der Waals surface area contributed by atoms with Crippen molar-refractivity contribution in [1.82, 2.24) is 9.80 Å². The van der Waals surface area contributed by atoms with Gasteiger partial charge in [0.05, 0.1) is 13.1 Å². The Kier molecular flexibility index (Phi) is 8.40. The first-order valence-corrected chi connectivity index (χ1v) is 14.8. The molecule has 0 aromatic heterocycles. The molecule has 210 valence electrons. The van der Waals surface area contributed by atoms with Crippen molar-refractivity contribution in [3.05, 3.63) is 108 Å². The van der Waals surface area contributed by atoms with Crippen LogP contribution in [0, 0.1) is 0 Å². The van der Waals surface area contributed by atoms with Crippen molar-refractivity contribution in [2.45, 2.75) is 31.6 Å². The molecule has 2 aliphatic rings. The molecule has 0 aliphatic carbocycles. The number of carbonyl (C=O) groups is 2. The molecular formula is C35H38N4O2. The average Bonchev–Trinajstić information content (AvgIpc) is 3.70. The Hall–Kier alpha value is -4.00. The molecule has 6 nitrogen and oxygen atoms in total. The lowest BCUT2D eigenvalue weighted by atomic mass is 9.84. The van der Waals surface area contributed by atoms with Crippen LogP contribution in [0.5, 0.6) is 0 Å². The van der Waals surface area contributed by atoms with Crippen LogP contribution in [0.3, 0.4) is 0 Å². The predicted molar refractivity (Wildman–Crippen MR) is 166 cm³/mol. The lowest BCUT2D eigenvalue weighted by Gasteiger charge is -2.21. The van der Waals surface area contributed by atoms with E-state index >= 15 is 0 Å². The Bertz CT molecular complexity index is 1410. The Morgan fingerprint density at radius 1 is 0.561 bits per heavy atom. The molecule has 2 saturated heterocycles. The summed E-state index contributed by atoms with van der Waals surface area (Å²) in [6.45, 7) is 4.90. The third-order valence-corrected chi connectivity index (χ3v) is 8.29. The normalized spacial score (nSPS) is 15.9. The summed E-state index contributed by atoms with van der Waals surface area (Å²) in [5.74, 6) is 0.0736. The number of hydrogen-bond donors (Lipinski definition) is 2. The second-order valence-electron chi connectivity index (χ2n) is 11.3. The molecule has 0 bridgehead atoms. The van der Waals surface area contributed by atoms with Crippen LogP contribution in [0.2, 0.25) is 0 Å². The van der Waals surface area contributed by atoms with Gasteiger partial charge in [-0.3, -0.25) is 19.4 Å². The Labute approximate surface area is 242 Å². The van der Waals surface area contributed by atoms with E-state index in [1.165, 1.54) is 42.0 Å². The molecule has 4 aromatic carbocycles. The molecule has 2 fully saturated rings. The van der Waals surface area contributed by atoms with Gasteiger partial charge in [-0.05, 0) is 104 Å². The van der Waals surface area contributed by atoms with Crippen LogP contribution >= 0.6 is 0 Å². The summed E-state index contributed by atoms with van der Waals surface area (Å²) in [5.41, 5.74) is 5.10. The number of hydrogen-bond acceptors (Lipinski definition) is 4. The molecular weight excluding hydrogens is 508 g/mol. The van der Waals surface area contributed by atoms with E-state index in [2.05, 4.69) is 87.2 Å². The van der Waals surface area contributed by atoms with E-state index in [1.807, 2.05) is 24.3 Å². The van der Waals surface area contributed by atoms with E-state index in [0.29, 0.717) is 13.1 Å². The highest BCUT2D eigenvalue weighted by molar-refractivity contribution is 5.93. The van der Waals surface area contributed by atoms with Crippen molar-refractivity contribution in [1.29, 1.82) is 0 Å². The number of nitrogens with zero attached hydrogens (tertiary/aromatic N) is 2. The first kappa shape index (κ1) is 27.2. The fourth-order valence-electron chi connectivity index (χ4n) is 6.17. The van der Waals surface area contributed by atoms with Gasteiger partial charge in [0, 0.05) is 17.3 Å². The monoisotopic (exact) mass is 546 g/mol. The van der Waals surface area contributed by atoms with Gasteiger partial charge in [0.15, 0.2) is 0 Å². The summed E-state index contributed by atoms with van der Waals surface area (Å²) in [7, 11) is 0. The average molecular weight is 547 g/mol. The minimum Gasteiger partial charge on any atom is -0.325 e. The van der Waals surface area contributed by atoms with Gasteiger partial charge in [0.2, 0.25) is 11.8 Å². The number of fused-ring (bicyclic) bond motifs is 1. The van der Waals surface area contributed by atoms with Crippen LogP contribution in [0.25, 0.3) is 10.8 Å². The van der Waals surface area contributed by atoms with Gasteiger partial charge >= 0.3 is 0 Å². The number of anilines is 2. The maximum Gasteiger partial charge on any atom is 0.238 e. The molecule has 2 aliphatic heterocycles. The third kappa shape index (κ3) is 6.84. The molecule has 6 heteroatoms. The number of likely N-dealkylation sites (tertiary alicyclic amines) is 2. The zero-order valence-electron chi connectivity index (χ0n) is 23.5. The van der Waals surface area contributed by atoms with Crippen LogP contribution < -0.4 is 10.6 Å². The van der Waals surface area contributed by atoms with E-state index in [4.69, 9.17) is 0 Å². The van der Waals surface area contributed by atoms with Crippen molar-refractivity contribution in [3.63, 3.8) is 0 Å². The van der Waals surface area contributed by atoms with Crippen molar-refractivity contribution >= 4 is 34.0 Å². The second kappa shape index (κ2) is 12.7. The van der Waals surface area contributed by atoms with Gasteiger partial charge in [0.25, 0.3) is 0 Å². The first-order valence-electron chi connectivity index (χ1n) is 14.8. The SMILES string of the molecule is O=C(CN1CCCC1)Nc1ccc(C(c2ccc(NC(=O)CN3CCCC3)cc2)c2ccc3ccccc3c2)cc1. The molecule has 0 saturated carbocycles. The van der Waals surface area contributed by atoms with E-state index in [-0.39, 0.29) is 17.7 Å². The van der Waals surface area contributed by atoms with Gasteiger partial charge < -0.3 is 10.6 Å². The molecule has 0 unspecified atom stereocenters. The number of rotatable bonds is 9. The van der Waals surface area contributed by atoms with E-state index in [1.54, 1.807) is 0 Å². The fourth-order valence-corrected chi connectivity index (χ4v) is 6.17. The highest BCUT2D eigenvalue weighted by Crippen LogP contribution is 2.35. The molecule has 2 N–H and O–H groups in total. The molecule has 0 radical (unpaired) electrons. The van der Waals surface area contributed by atoms with Crippen LogP contribution in [-0.4, -0.2) is 60.9 Å². The summed E-state index contributed by atoms with van der Waals surface area (Å²) in [4.78, 5) is 29.6. The predicted octanol–water partition coefficient (Wildman–Crippen LogP) is 6.09. The Morgan fingerprint density at radius 2 is 1.00 bits per heavy atom. The first-order chi connectivity index (χ1) is 20.1. The lowest BCUT2D eigenvalue weighted by Crippen LogP contribution is -2.30. The summed E-state index contributed by atoms with van der Waals surface area (Å²) in [5, 5.41) is 8.54. The van der Waals surface area contributed by atoms with Crippen LogP contribution in [0.1, 0.15) is 48.3 Å². The molecule has 4 aromatic rings. The highest BCUT2D eigenvalue weighted by Gasteiger charge is 2.20. The van der Waals surface area contributed by atoms with E-state index in [9.17, 15) is 9.59 Å². The minimum absolute atomic E-state index is 0.00306. The maximum absolute atomic E-state index is 12.6. The number of amides is 2. The van der Waals surface area contributed by atoms with E-state index in [0.717, 1.165) is 48.7 Å². The van der Waals surface area contributed by atoms with E-state index < -0.39 is 0 Å². The van der Waals surface area contributed by atoms with Gasteiger partial charge in [-0.1, -0.05) is 66.7 Å². The summed E-state index contributed by atoms with van der Waals surface area (Å²) >= 11 is 0. The molecule has 0 spiro atoms. The fraction of sp³-hybridized carbons (Fsp3) is 0.314. The Morgan fingerprint density at radius 3 is 1.49 bits per heavy atom. The van der Waals surface area contributed by atoms with Crippen LogP contribution in [0.4, 0.5) is 11.4 Å².